The summed E-state index contributed by atoms with van der Waals surface area (Å²) < 4.78 is 5.49. The molecule has 1 aliphatic heterocycles. The van der Waals surface area contributed by atoms with Gasteiger partial charge in [0.1, 0.15) is 5.75 Å². The molecule has 1 aromatic rings. The summed E-state index contributed by atoms with van der Waals surface area (Å²) in [6, 6.07) is 7.19. The number of nitrogens with two attached hydrogens (primary N) is 1. The van der Waals surface area contributed by atoms with Crippen molar-refractivity contribution in [3.8, 4) is 5.75 Å². The zero-order valence-electron chi connectivity index (χ0n) is 10.7. The van der Waals surface area contributed by atoms with E-state index in [1.165, 1.54) is 0 Å². The molecule has 7 heteroatoms. The van der Waals surface area contributed by atoms with E-state index in [1.54, 1.807) is 0 Å². The van der Waals surface area contributed by atoms with Gasteiger partial charge in [0.05, 0.1) is 24.2 Å². The lowest BCUT2D eigenvalue weighted by atomic mass is 10.0. The van der Waals surface area contributed by atoms with Crippen LogP contribution in [0.15, 0.2) is 24.3 Å². The van der Waals surface area contributed by atoms with Gasteiger partial charge >= 0.3 is 11.8 Å². The van der Waals surface area contributed by atoms with Gasteiger partial charge < -0.3 is 21.1 Å². The Morgan fingerprint density at radius 2 is 2.10 bits per heavy atom. The zero-order valence-corrected chi connectivity index (χ0v) is 11.5. The Balaban J connectivity index is 1.99. The Morgan fingerprint density at radius 3 is 2.85 bits per heavy atom. The Kier molecular flexibility index (Phi) is 4.52. The molecule has 0 aromatic heterocycles. The summed E-state index contributed by atoms with van der Waals surface area (Å²) in [7, 11) is 0. The molecule has 0 spiro atoms. The molecule has 0 saturated carbocycles. The highest BCUT2D eigenvalue weighted by Crippen LogP contribution is 2.31. The normalized spacial score (nSPS) is 16.5. The first kappa shape index (κ1) is 14.3. The fourth-order valence-electron chi connectivity index (χ4n) is 1.96. The topological polar surface area (TPSA) is 93.5 Å². The van der Waals surface area contributed by atoms with Crippen LogP contribution in [0, 0.1) is 0 Å². The van der Waals surface area contributed by atoms with Crippen molar-refractivity contribution in [2.45, 2.75) is 12.5 Å². The van der Waals surface area contributed by atoms with Crippen molar-refractivity contribution >= 4 is 29.0 Å². The third kappa shape index (κ3) is 3.45. The van der Waals surface area contributed by atoms with E-state index in [1.807, 2.05) is 24.3 Å². The maximum Gasteiger partial charge on any atom is 0.309 e. The summed E-state index contributed by atoms with van der Waals surface area (Å²) in [5.41, 5.74) is 6.13. The predicted molar refractivity (Wildman–Crippen MR) is 77.2 cm³/mol. The van der Waals surface area contributed by atoms with E-state index < -0.39 is 11.8 Å². The van der Waals surface area contributed by atoms with Crippen LogP contribution in [0.5, 0.6) is 5.75 Å². The van der Waals surface area contributed by atoms with Gasteiger partial charge in [0.25, 0.3) is 0 Å². The van der Waals surface area contributed by atoms with Gasteiger partial charge in [-0.25, -0.2) is 0 Å². The average Bonchev–Trinajstić information content (AvgIpc) is 2.45. The summed E-state index contributed by atoms with van der Waals surface area (Å²) in [5, 5.41) is 5.03. The van der Waals surface area contributed by atoms with Crippen molar-refractivity contribution in [2.75, 3.05) is 13.2 Å². The Morgan fingerprint density at radius 1 is 1.35 bits per heavy atom. The van der Waals surface area contributed by atoms with Crippen molar-refractivity contribution in [1.82, 2.24) is 10.6 Å². The fourth-order valence-corrected chi connectivity index (χ4v) is 2.04. The molecular weight excluding hydrogens is 278 g/mol. The molecule has 106 valence electrons. The second-order valence-electron chi connectivity index (χ2n) is 4.35. The number of benzene rings is 1. The largest absolute Gasteiger partial charge is 0.493 e. The van der Waals surface area contributed by atoms with E-state index in [9.17, 15) is 9.59 Å². The van der Waals surface area contributed by atoms with Gasteiger partial charge in [0.15, 0.2) is 0 Å². The standard InChI is InChI=1S/C13H15N3O3S/c14-11(20)7-15-12(17)13(18)16-9-5-6-19-10-4-2-1-3-8(9)10/h1-4,9H,5-7H2,(H2,14,20)(H,15,17)(H,16,18). The molecule has 1 aromatic carbocycles. The maximum absolute atomic E-state index is 11.8. The summed E-state index contributed by atoms with van der Waals surface area (Å²) in [5.74, 6) is -0.725. The minimum absolute atomic E-state index is 0.00590. The third-order valence-corrected chi connectivity index (χ3v) is 3.04. The number of hydrogen-bond donors (Lipinski definition) is 3. The first-order chi connectivity index (χ1) is 9.58. The van der Waals surface area contributed by atoms with Crippen molar-refractivity contribution in [2.24, 2.45) is 5.73 Å². The van der Waals surface area contributed by atoms with E-state index in [2.05, 4.69) is 22.9 Å². The Bertz CT molecular complexity index is 547. The van der Waals surface area contributed by atoms with E-state index >= 15 is 0 Å². The Labute approximate surface area is 121 Å². The molecular formula is C13H15N3O3S. The molecule has 1 heterocycles. The minimum Gasteiger partial charge on any atom is -0.493 e. The van der Waals surface area contributed by atoms with Crippen LogP contribution in [0.3, 0.4) is 0 Å². The maximum atomic E-state index is 11.8. The lowest BCUT2D eigenvalue weighted by molar-refractivity contribution is -0.139. The smallest absolute Gasteiger partial charge is 0.309 e. The Hall–Kier alpha value is -2.15. The number of rotatable bonds is 3. The highest BCUT2D eigenvalue weighted by atomic mass is 32.1. The molecule has 2 amide bonds. The number of nitrogens with one attached hydrogen (secondary N) is 2. The highest BCUT2D eigenvalue weighted by Gasteiger charge is 2.25. The number of amides is 2. The zero-order chi connectivity index (χ0) is 14.5. The van der Waals surface area contributed by atoms with Crippen molar-refractivity contribution < 1.29 is 14.3 Å². The highest BCUT2D eigenvalue weighted by molar-refractivity contribution is 7.80. The summed E-state index contributed by atoms with van der Waals surface area (Å²) in [6.45, 7) is 0.502. The van der Waals surface area contributed by atoms with Crippen molar-refractivity contribution in [3.63, 3.8) is 0 Å². The number of ether oxygens (including phenoxy) is 1. The predicted octanol–water partition coefficient (Wildman–Crippen LogP) is 0.0287. The molecule has 0 fully saturated rings. The number of thiocarbonyl (C=S) groups is 1. The molecule has 20 heavy (non-hydrogen) atoms. The molecule has 0 saturated heterocycles. The molecule has 1 unspecified atom stereocenters. The number of hydrogen-bond acceptors (Lipinski definition) is 4. The van der Waals surface area contributed by atoms with Crippen LogP contribution in [0.4, 0.5) is 0 Å². The molecule has 6 nitrogen and oxygen atoms in total. The molecule has 0 radical (unpaired) electrons. The lowest BCUT2D eigenvalue weighted by Gasteiger charge is -2.26. The second-order valence-corrected chi connectivity index (χ2v) is 4.87. The number of para-hydroxylation sites is 1. The molecule has 1 atom stereocenters. The van der Waals surface area contributed by atoms with Crippen LogP contribution >= 0.6 is 12.2 Å². The van der Waals surface area contributed by atoms with Crippen LogP contribution in [0.2, 0.25) is 0 Å². The summed E-state index contributed by atoms with van der Waals surface area (Å²) in [6.07, 6.45) is 0.616. The van der Waals surface area contributed by atoms with Gasteiger partial charge in [0, 0.05) is 12.0 Å². The van der Waals surface area contributed by atoms with Crippen molar-refractivity contribution in [1.29, 1.82) is 0 Å². The molecule has 0 bridgehead atoms. The third-order valence-electron chi connectivity index (χ3n) is 2.89. The van der Waals surface area contributed by atoms with Crippen LogP contribution in [-0.2, 0) is 9.59 Å². The van der Waals surface area contributed by atoms with Crippen LogP contribution in [0.1, 0.15) is 18.0 Å². The number of carbonyl (C=O) groups excluding carboxylic acids is 2. The second kappa shape index (κ2) is 6.33. The SMILES string of the molecule is NC(=S)CNC(=O)C(=O)NC1CCOc2ccccc21. The minimum atomic E-state index is -0.748. The summed E-state index contributed by atoms with van der Waals surface area (Å²) in [4.78, 5) is 23.5. The molecule has 4 N–H and O–H groups in total. The summed E-state index contributed by atoms with van der Waals surface area (Å²) >= 11 is 4.63. The average molecular weight is 293 g/mol. The van der Waals surface area contributed by atoms with Crippen molar-refractivity contribution in [3.05, 3.63) is 29.8 Å². The molecule has 0 aliphatic carbocycles. The quantitative estimate of drug-likeness (QED) is 0.540. The molecule has 2 rings (SSSR count). The van der Waals surface area contributed by atoms with Crippen LogP contribution < -0.4 is 21.1 Å². The van der Waals surface area contributed by atoms with Gasteiger partial charge in [-0.3, -0.25) is 9.59 Å². The van der Waals surface area contributed by atoms with Gasteiger partial charge in [-0.05, 0) is 6.07 Å². The van der Waals surface area contributed by atoms with E-state index in [0.717, 1.165) is 11.3 Å². The van der Waals surface area contributed by atoms with Crippen LogP contribution in [-0.4, -0.2) is 30.0 Å². The van der Waals surface area contributed by atoms with Gasteiger partial charge in [-0.1, -0.05) is 30.4 Å². The molecule has 1 aliphatic rings. The number of fused-ring (bicyclic) bond motifs is 1. The van der Waals surface area contributed by atoms with Gasteiger partial charge in [-0.2, -0.15) is 0 Å². The van der Waals surface area contributed by atoms with E-state index in [-0.39, 0.29) is 17.6 Å². The fraction of sp³-hybridized carbons (Fsp3) is 0.308. The van der Waals surface area contributed by atoms with E-state index in [4.69, 9.17) is 10.5 Å². The first-order valence-electron chi connectivity index (χ1n) is 6.16. The van der Waals surface area contributed by atoms with E-state index in [0.29, 0.717) is 13.0 Å². The number of carbonyl (C=O) groups is 2. The first-order valence-corrected chi connectivity index (χ1v) is 6.57. The van der Waals surface area contributed by atoms with Crippen LogP contribution in [0.25, 0.3) is 0 Å². The van der Waals surface area contributed by atoms with Gasteiger partial charge in [-0.15, -0.1) is 0 Å². The lowest BCUT2D eigenvalue weighted by Crippen LogP contribution is -2.44. The van der Waals surface area contributed by atoms with Gasteiger partial charge in [0.2, 0.25) is 0 Å². The monoisotopic (exact) mass is 293 g/mol.